The maximum atomic E-state index is 11.1. The molecule has 0 amide bonds. The Hall–Kier alpha value is -1.82. The normalized spacial score (nSPS) is 9.00. The van der Waals surface area contributed by atoms with E-state index in [2.05, 4.69) is 0 Å². The first kappa shape index (κ1) is 9.27. The van der Waals surface area contributed by atoms with Gasteiger partial charge < -0.3 is 4.74 Å². The summed E-state index contributed by atoms with van der Waals surface area (Å²) in [4.78, 5) is 11.1. The highest BCUT2D eigenvalue weighted by Gasteiger charge is 2.11. The summed E-state index contributed by atoms with van der Waals surface area (Å²) in [6.07, 6.45) is 0. The van der Waals surface area contributed by atoms with Crippen LogP contribution in [0.5, 0.6) is 5.75 Å². The first-order valence-electron chi connectivity index (χ1n) is 3.78. The van der Waals surface area contributed by atoms with Crippen molar-refractivity contribution in [1.29, 1.82) is 5.26 Å². The fourth-order valence-electron chi connectivity index (χ4n) is 1.12. The highest BCUT2D eigenvalue weighted by atomic mass is 16.5. The van der Waals surface area contributed by atoms with Gasteiger partial charge in [-0.25, -0.2) is 0 Å². The standard InChI is InChI=1S/C10H9NO2/c1-7(12)9-5-3-4-8(6-11)10(9)13-2/h3-5H,1-2H3. The summed E-state index contributed by atoms with van der Waals surface area (Å²) in [5.74, 6) is 0.256. The molecule has 0 aliphatic heterocycles. The molecule has 0 fully saturated rings. The third-order valence-electron chi connectivity index (χ3n) is 1.72. The summed E-state index contributed by atoms with van der Waals surface area (Å²) in [6, 6.07) is 6.89. The van der Waals surface area contributed by atoms with Crippen LogP contribution in [0.15, 0.2) is 18.2 Å². The molecule has 1 rings (SSSR count). The smallest absolute Gasteiger partial charge is 0.163 e. The van der Waals surface area contributed by atoms with Crippen LogP contribution in [-0.4, -0.2) is 12.9 Å². The van der Waals surface area contributed by atoms with Gasteiger partial charge in [0.05, 0.1) is 18.2 Å². The number of ketones is 1. The lowest BCUT2D eigenvalue weighted by Crippen LogP contribution is -1.99. The predicted octanol–water partition coefficient (Wildman–Crippen LogP) is 1.77. The molecular weight excluding hydrogens is 166 g/mol. The maximum Gasteiger partial charge on any atom is 0.163 e. The largest absolute Gasteiger partial charge is 0.495 e. The summed E-state index contributed by atoms with van der Waals surface area (Å²) < 4.78 is 4.99. The Morgan fingerprint density at radius 3 is 2.69 bits per heavy atom. The molecule has 0 unspecified atom stereocenters. The second kappa shape index (κ2) is 3.72. The Balaban J connectivity index is 3.38. The second-order valence-corrected chi connectivity index (χ2v) is 2.55. The number of nitriles is 1. The lowest BCUT2D eigenvalue weighted by Gasteiger charge is -2.06. The number of hydrogen-bond acceptors (Lipinski definition) is 3. The fraction of sp³-hybridized carbons (Fsp3) is 0.200. The Bertz CT molecular complexity index is 377. The van der Waals surface area contributed by atoms with Crippen LogP contribution in [0.3, 0.4) is 0 Å². The van der Waals surface area contributed by atoms with E-state index in [-0.39, 0.29) is 5.78 Å². The first-order chi connectivity index (χ1) is 6.20. The van der Waals surface area contributed by atoms with Crippen LogP contribution in [0.1, 0.15) is 22.8 Å². The number of benzene rings is 1. The minimum atomic E-state index is -0.103. The molecule has 0 atom stereocenters. The van der Waals surface area contributed by atoms with E-state index >= 15 is 0 Å². The van der Waals surface area contributed by atoms with Gasteiger partial charge in [0.25, 0.3) is 0 Å². The molecule has 0 saturated carbocycles. The van der Waals surface area contributed by atoms with E-state index in [1.54, 1.807) is 18.2 Å². The average Bonchev–Trinajstić information content (AvgIpc) is 2.16. The van der Waals surface area contributed by atoms with Crippen LogP contribution >= 0.6 is 0 Å². The topological polar surface area (TPSA) is 50.1 Å². The number of carbonyl (C=O) groups excluding carboxylic acids is 1. The summed E-state index contributed by atoms with van der Waals surface area (Å²) in [5.41, 5.74) is 0.830. The molecule has 13 heavy (non-hydrogen) atoms. The Labute approximate surface area is 76.6 Å². The lowest BCUT2D eigenvalue weighted by atomic mass is 10.1. The zero-order chi connectivity index (χ0) is 9.84. The zero-order valence-electron chi connectivity index (χ0n) is 7.50. The fourth-order valence-corrected chi connectivity index (χ4v) is 1.12. The molecule has 0 aromatic heterocycles. The summed E-state index contributed by atoms with van der Waals surface area (Å²) in [6.45, 7) is 1.44. The number of carbonyl (C=O) groups is 1. The molecule has 3 nitrogen and oxygen atoms in total. The molecule has 0 aliphatic carbocycles. The van der Waals surface area contributed by atoms with Crippen LogP contribution in [0.4, 0.5) is 0 Å². The monoisotopic (exact) mass is 175 g/mol. The van der Waals surface area contributed by atoms with Crippen LogP contribution in [-0.2, 0) is 0 Å². The summed E-state index contributed by atoms with van der Waals surface area (Å²) >= 11 is 0. The Kier molecular flexibility index (Phi) is 2.65. The number of hydrogen-bond donors (Lipinski definition) is 0. The Morgan fingerprint density at radius 2 is 2.23 bits per heavy atom. The average molecular weight is 175 g/mol. The quantitative estimate of drug-likeness (QED) is 0.643. The van der Waals surface area contributed by atoms with Crippen LogP contribution in [0.25, 0.3) is 0 Å². The van der Waals surface area contributed by atoms with Crippen molar-refractivity contribution < 1.29 is 9.53 Å². The molecule has 3 heteroatoms. The van der Waals surface area contributed by atoms with Gasteiger partial charge in [0.15, 0.2) is 5.78 Å². The van der Waals surface area contributed by atoms with Gasteiger partial charge in [-0.3, -0.25) is 4.79 Å². The third kappa shape index (κ3) is 1.67. The highest BCUT2D eigenvalue weighted by molar-refractivity contribution is 5.97. The number of nitrogens with zero attached hydrogens (tertiary/aromatic N) is 1. The molecule has 0 aliphatic rings. The van der Waals surface area contributed by atoms with Crippen molar-refractivity contribution in [2.24, 2.45) is 0 Å². The van der Waals surface area contributed by atoms with Gasteiger partial charge >= 0.3 is 0 Å². The van der Waals surface area contributed by atoms with Gasteiger partial charge in [-0.15, -0.1) is 0 Å². The van der Waals surface area contributed by atoms with Crippen molar-refractivity contribution >= 4 is 5.78 Å². The number of rotatable bonds is 2. The lowest BCUT2D eigenvalue weighted by molar-refractivity contribution is 0.101. The third-order valence-corrected chi connectivity index (χ3v) is 1.72. The number of para-hydroxylation sites is 1. The van der Waals surface area contributed by atoms with Gasteiger partial charge in [-0.05, 0) is 19.1 Å². The number of methoxy groups -OCH3 is 1. The number of Topliss-reactive ketones (excluding diaryl/α,β-unsaturated/α-hetero) is 1. The van der Waals surface area contributed by atoms with Gasteiger partial charge in [0.1, 0.15) is 11.8 Å². The van der Waals surface area contributed by atoms with Gasteiger partial charge in [-0.2, -0.15) is 5.26 Å². The van der Waals surface area contributed by atoms with E-state index in [4.69, 9.17) is 10.00 Å². The van der Waals surface area contributed by atoms with Gasteiger partial charge in [0, 0.05) is 0 Å². The van der Waals surface area contributed by atoms with Crippen molar-refractivity contribution in [3.05, 3.63) is 29.3 Å². The summed E-state index contributed by atoms with van der Waals surface area (Å²) in [5, 5.41) is 8.71. The number of ether oxygens (including phenoxy) is 1. The molecule has 1 aromatic rings. The zero-order valence-corrected chi connectivity index (χ0v) is 7.50. The summed E-state index contributed by atoms with van der Waals surface area (Å²) in [7, 11) is 1.45. The minimum absolute atomic E-state index is 0.103. The van der Waals surface area contributed by atoms with Crippen molar-refractivity contribution in [3.63, 3.8) is 0 Å². The first-order valence-corrected chi connectivity index (χ1v) is 3.78. The molecule has 0 N–H and O–H groups in total. The van der Waals surface area contributed by atoms with Crippen LogP contribution in [0.2, 0.25) is 0 Å². The van der Waals surface area contributed by atoms with Crippen LogP contribution < -0.4 is 4.74 Å². The maximum absolute atomic E-state index is 11.1. The molecule has 0 saturated heterocycles. The van der Waals surface area contributed by atoms with Crippen LogP contribution in [0, 0.1) is 11.3 Å². The van der Waals surface area contributed by atoms with E-state index < -0.39 is 0 Å². The van der Waals surface area contributed by atoms with Crippen molar-refractivity contribution in [2.75, 3.05) is 7.11 Å². The molecule has 1 aromatic carbocycles. The van der Waals surface area contributed by atoms with Crippen molar-refractivity contribution in [2.45, 2.75) is 6.92 Å². The van der Waals surface area contributed by atoms with Crippen molar-refractivity contribution in [3.8, 4) is 11.8 Å². The van der Waals surface area contributed by atoms with Crippen molar-refractivity contribution in [1.82, 2.24) is 0 Å². The van der Waals surface area contributed by atoms with E-state index in [1.807, 2.05) is 6.07 Å². The van der Waals surface area contributed by atoms with Gasteiger partial charge in [0.2, 0.25) is 0 Å². The highest BCUT2D eigenvalue weighted by Crippen LogP contribution is 2.23. The second-order valence-electron chi connectivity index (χ2n) is 2.55. The minimum Gasteiger partial charge on any atom is -0.495 e. The van der Waals surface area contributed by atoms with E-state index in [1.165, 1.54) is 14.0 Å². The van der Waals surface area contributed by atoms with E-state index in [0.717, 1.165) is 0 Å². The molecule has 66 valence electrons. The SMILES string of the molecule is COc1c(C#N)cccc1C(C)=O. The molecular formula is C10H9NO2. The molecule has 0 radical (unpaired) electrons. The van der Waals surface area contributed by atoms with E-state index in [0.29, 0.717) is 16.9 Å². The van der Waals surface area contributed by atoms with E-state index in [9.17, 15) is 4.79 Å². The molecule has 0 heterocycles. The predicted molar refractivity (Wildman–Crippen MR) is 47.7 cm³/mol. The molecule has 0 bridgehead atoms. The molecule has 0 spiro atoms. The Morgan fingerprint density at radius 1 is 1.54 bits per heavy atom. The van der Waals surface area contributed by atoms with Gasteiger partial charge in [-0.1, -0.05) is 6.07 Å².